The van der Waals surface area contributed by atoms with Gasteiger partial charge in [-0.25, -0.2) is 0 Å². The fourth-order valence-electron chi connectivity index (χ4n) is 2.52. The SMILES string of the molecule is COc1ccc(C2(N)CCC(C)(O)C2)cc1. The molecule has 1 aliphatic rings. The van der Waals surface area contributed by atoms with Crippen molar-refractivity contribution in [2.75, 3.05) is 7.11 Å². The van der Waals surface area contributed by atoms with Crippen molar-refractivity contribution in [1.29, 1.82) is 0 Å². The lowest BCUT2D eigenvalue weighted by Gasteiger charge is -2.26. The molecule has 1 fully saturated rings. The van der Waals surface area contributed by atoms with E-state index in [2.05, 4.69) is 0 Å². The summed E-state index contributed by atoms with van der Waals surface area (Å²) in [4.78, 5) is 0. The van der Waals surface area contributed by atoms with Crippen molar-refractivity contribution >= 4 is 0 Å². The lowest BCUT2D eigenvalue weighted by atomic mass is 9.88. The molecule has 2 unspecified atom stereocenters. The van der Waals surface area contributed by atoms with E-state index in [1.807, 2.05) is 31.2 Å². The van der Waals surface area contributed by atoms with Crippen LogP contribution in [0.2, 0.25) is 0 Å². The predicted molar refractivity (Wildman–Crippen MR) is 63.3 cm³/mol. The number of methoxy groups -OCH3 is 1. The highest BCUT2D eigenvalue weighted by Crippen LogP contribution is 2.42. The topological polar surface area (TPSA) is 55.5 Å². The molecule has 2 rings (SSSR count). The minimum absolute atomic E-state index is 0.393. The normalized spacial score (nSPS) is 34.0. The molecule has 2 atom stereocenters. The number of rotatable bonds is 2. The molecule has 0 bridgehead atoms. The zero-order chi connectivity index (χ0) is 11.8. The molecule has 0 amide bonds. The van der Waals surface area contributed by atoms with Crippen LogP contribution in [-0.2, 0) is 5.54 Å². The van der Waals surface area contributed by atoms with Gasteiger partial charge in [-0.15, -0.1) is 0 Å². The highest BCUT2D eigenvalue weighted by molar-refractivity contribution is 5.33. The zero-order valence-electron chi connectivity index (χ0n) is 9.86. The van der Waals surface area contributed by atoms with Crippen LogP contribution in [-0.4, -0.2) is 17.8 Å². The fraction of sp³-hybridized carbons (Fsp3) is 0.538. The van der Waals surface area contributed by atoms with Crippen LogP contribution >= 0.6 is 0 Å². The van der Waals surface area contributed by atoms with Crippen LogP contribution in [0.1, 0.15) is 31.7 Å². The van der Waals surface area contributed by atoms with Crippen molar-refractivity contribution in [3.8, 4) is 5.75 Å². The van der Waals surface area contributed by atoms with E-state index in [-0.39, 0.29) is 0 Å². The van der Waals surface area contributed by atoms with Gasteiger partial charge in [-0.1, -0.05) is 12.1 Å². The van der Waals surface area contributed by atoms with Gasteiger partial charge in [0.05, 0.1) is 12.7 Å². The van der Waals surface area contributed by atoms with Crippen LogP contribution in [0.3, 0.4) is 0 Å². The van der Waals surface area contributed by atoms with E-state index in [0.29, 0.717) is 6.42 Å². The van der Waals surface area contributed by atoms with Gasteiger partial charge in [0, 0.05) is 5.54 Å². The van der Waals surface area contributed by atoms with Gasteiger partial charge < -0.3 is 15.6 Å². The first-order chi connectivity index (χ1) is 7.45. The van der Waals surface area contributed by atoms with Crippen LogP contribution in [0.25, 0.3) is 0 Å². The maximum Gasteiger partial charge on any atom is 0.118 e. The van der Waals surface area contributed by atoms with Crippen molar-refractivity contribution in [3.05, 3.63) is 29.8 Å². The predicted octanol–water partition coefficient (Wildman–Crippen LogP) is 1.78. The molecule has 1 aliphatic carbocycles. The molecule has 3 nitrogen and oxygen atoms in total. The average Bonchev–Trinajstić information content (AvgIpc) is 2.54. The second-order valence-electron chi connectivity index (χ2n) is 5.06. The minimum atomic E-state index is -0.630. The van der Waals surface area contributed by atoms with Crippen LogP contribution in [0.15, 0.2) is 24.3 Å². The number of hydrogen-bond acceptors (Lipinski definition) is 3. The molecule has 1 aromatic carbocycles. The molecule has 0 heterocycles. The van der Waals surface area contributed by atoms with Crippen LogP contribution < -0.4 is 10.5 Å². The molecule has 1 aromatic rings. The van der Waals surface area contributed by atoms with E-state index in [9.17, 15) is 5.11 Å². The largest absolute Gasteiger partial charge is 0.497 e. The number of nitrogens with two attached hydrogens (primary N) is 1. The molecule has 0 saturated heterocycles. The van der Waals surface area contributed by atoms with Crippen LogP contribution in [0.4, 0.5) is 0 Å². The van der Waals surface area contributed by atoms with Gasteiger partial charge in [-0.05, 0) is 43.9 Å². The lowest BCUT2D eigenvalue weighted by molar-refractivity contribution is 0.0611. The van der Waals surface area contributed by atoms with Gasteiger partial charge in [0.15, 0.2) is 0 Å². The summed E-state index contributed by atoms with van der Waals surface area (Å²) in [5.74, 6) is 0.831. The Kier molecular flexibility index (Phi) is 2.68. The first-order valence-electron chi connectivity index (χ1n) is 5.61. The molecule has 0 radical (unpaired) electrons. The zero-order valence-corrected chi connectivity index (χ0v) is 9.86. The molecular weight excluding hydrogens is 202 g/mol. The van der Waals surface area contributed by atoms with Crippen molar-refractivity contribution in [2.45, 2.75) is 37.3 Å². The summed E-state index contributed by atoms with van der Waals surface area (Å²) in [6, 6.07) is 7.80. The molecular formula is C13H19NO2. The standard InChI is InChI=1S/C13H19NO2/c1-12(15)7-8-13(14,9-12)10-3-5-11(16-2)6-4-10/h3-6,15H,7-9,14H2,1-2H3. The quantitative estimate of drug-likeness (QED) is 0.800. The van der Waals surface area contributed by atoms with Gasteiger partial charge in [0.2, 0.25) is 0 Å². The summed E-state index contributed by atoms with van der Waals surface area (Å²) in [5.41, 5.74) is 6.40. The van der Waals surface area contributed by atoms with Crippen molar-refractivity contribution in [2.24, 2.45) is 5.73 Å². The van der Waals surface area contributed by atoms with E-state index in [1.165, 1.54) is 0 Å². The van der Waals surface area contributed by atoms with Gasteiger partial charge in [0.25, 0.3) is 0 Å². The third-order valence-electron chi connectivity index (χ3n) is 3.47. The number of aliphatic hydroxyl groups is 1. The molecule has 3 heteroatoms. The number of ether oxygens (including phenoxy) is 1. The summed E-state index contributed by atoms with van der Waals surface area (Å²) in [6.07, 6.45) is 2.20. The van der Waals surface area contributed by atoms with E-state index in [0.717, 1.165) is 24.2 Å². The van der Waals surface area contributed by atoms with Gasteiger partial charge >= 0.3 is 0 Å². The van der Waals surface area contributed by atoms with Gasteiger partial charge in [-0.2, -0.15) is 0 Å². The summed E-state index contributed by atoms with van der Waals surface area (Å²) >= 11 is 0. The Balaban J connectivity index is 2.23. The Morgan fingerprint density at radius 2 is 1.88 bits per heavy atom. The highest BCUT2D eigenvalue weighted by atomic mass is 16.5. The van der Waals surface area contributed by atoms with Crippen molar-refractivity contribution in [3.63, 3.8) is 0 Å². The molecule has 3 N–H and O–H groups in total. The van der Waals surface area contributed by atoms with E-state index in [4.69, 9.17) is 10.5 Å². The molecule has 0 aromatic heterocycles. The summed E-state index contributed by atoms with van der Waals surface area (Å²) < 4.78 is 5.12. The van der Waals surface area contributed by atoms with E-state index < -0.39 is 11.1 Å². The summed E-state index contributed by atoms with van der Waals surface area (Å²) in [7, 11) is 1.65. The first-order valence-corrected chi connectivity index (χ1v) is 5.61. The minimum Gasteiger partial charge on any atom is -0.497 e. The van der Waals surface area contributed by atoms with E-state index >= 15 is 0 Å². The Hall–Kier alpha value is -1.06. The van der Waals surface area contributed by atoms with Gasteiger partial charge in [0.1, 0.15) is 5.75 Å². The maximum absolute atomic E-state index is 9.99. The fourth-order valence-corrected chi connectivity index (χ4v) is 2.52. The summed E-state index contributed by atoms with van der Waals surface area (Å²) in [5, 5.41) is 9.99. The Morgan fingerprint density at radius 3 is 2.31 bits per heavy atom. The molecule has 16 heavy (non-hydrogen) atoms. The Morgan fingerprint density at radius 1 is 1.25 bits per heavy atom. The van der Waals surface area contributed by atoms with Gasteiger partial charge in [-0.3, -0.25) is 0 Å². The Bertz CT molecular complexity index is 372. The lowest BCUT2D eigenvalue weighted by Crippen LogP contribution is -2.36. The number of benzene rings is 1. The van der Waals surface area contributed by atoms with Crippen molar-refractivity contribution in [1.82, 2.24) is 0 Å². The Labute approximate surface area is 96.2 Å². The van der Waals surface area contributed by atoms with E-state index in [1.54, 1.807) is 7.11 Å². The molecule has 0 aliphatic heterocycles. The highest BCUT2D eigenvalue weighted by Gasteiger charge is 2.42. The first kappa shape index (κ1) is 11.4. The van der Waals surface area contributed by atoms with Crippen LogP contribution in [0.5, 0.6) is 5.75 Å². The summed E-state index contributed by atoms with van der Waals surface area (Å²) in [6.45, 7) is 1.85. The smallest absolute Gasteiger partial charge is 0.118 e. The second kappa shape index (κ2) is 3.75. The third-order valence-corrected chi connectivity index (χ3v) is 3.47. The molecule has 0 spiro atoms. The second-order valence-corrected chi connectivity index (χ2v) is 5.06. The monoisotopic (exact) mass is 221 g/mol. The average molecular weight is 221 g/mol. The molecule has 88 valence electrons. The molecule has 1 saturated carbocycles. The number of hydrogen-bond donors (Lipinski definition) is 2. The van der Waals surface area contributed by atoms with Crippen molar-refractivity contribution < 1.29 is 9.84 Å². The van der Waals surface area contributed by atoms with Crippen LogP contribution in [0, 0.1) is 0 Å². The third kappa shape index (κ3) is 2.06. The maximum atomic E-state index is 9.99.